The molecule has 0 spiro atoms. The summed E-state index contributed by atoms with van der Waals surface area (Å²) >= 11 is 0. The van der Waals surface area contributed by atoms with E-state index >= 15 is 0 Å². The number of hydrogen-bond acceptors (Lipinski definition) is 4. The van der Waals surface area contributed by atoms with Gasteiger partial charge >= 0.3 is 0 Å². The number of piperidine rings is 1. The van der Waals surface area contributed by atoms with Crippen molar-refractivity contribution in [2.75, 3.05) is 37.7 Å². The molecule has 4 nitrogen and oxygen atoms in total. The lowest BCUT2D eigenvalue weighted by atomic mass is 9.98. The number of fused-ring (bicyclic) bond motifs is 1. The van der Waals surface area contributed by atoms with Crippen molar-refractivity contribution in [2.24, 2.45) is 0 Å². The topological polar surface area (TPSA) is 40.6 Å². The van der Waals surface area contributed by atoms with E-state index in [1.54, 1.807) is 0 Å². The van der Waals surface area contributed by atoms with E-state index in [0.29, 0.717) is 23.6 Å². The first-order chi connectivity index (χ1) is 8.64. The smallest absolute Gasteiger partial charge is 0.151 e. The summed E-state index contributed by atoms with van der Waals surface area (Å²) < 4.78 is 23.5. The van der Waals surface area contributed by atoms with Gasteiger partial charge in [-0.05, 0) is 32.2 Å². The van der Waals surface area contributed by atoms with Gasteiger partial charge in [0.05, 0.1) is 11.5 Å². The molecule has 0 aliphatic carbocycles. The molecule has 0 bridgehead atoms. The van der Waals surface area contributed by atoms with Crippen LogP contribution in [0.2, 0.25) is 0 Å². The van der Waals surface area contributed by atoms with Gasteiger partial charge in [0, 0.05) is 31.7 Å². The van der Waals surface area contributed by atoms with Crippen LogP contribution < -0.4 is 0 Å². The average molecular weight is 272 g/mol. The van der Waals surface area contributed by atoms with E-state index in [4.69, 9.17) is 0 Å². The zero-order valence-electron chi connectivity index (χ0n) is 11.1. The molecule has 0 N–H and O–H groups in total. The Hall–Kier alpha value is -0.130. The van der Waals surface area contributed by atoms with Gasteiger partial charge in [-0.15, -0.1) is 0 Å². The molecule has 0 aromatic heterocycles. The normalized spacial score (nSPS) is 38.2. The molecule has 0 radical (unpaired) electrons. The van der Waals surface area contributed by atoms with E-state index in [1.807, 2.05) is 0 Å². The minimum atomic E-state index is -2.77. The first-order valence-electron chi connectivity index (χ1n) is 7.32. The number of hydrogen-bond donors (Lipinski definition) is 0. The van der Waals surface area contributed by atoms with Gasteiger partial charge in [-0.25, -0.2) is 8.42 Å². The Balaban J connectivity index is 1.63. The van der Waals surface area contributed by atoms with Crippen LogP contribution in [0.3, 0.4) is 0 Å². The maximum Gasteiger partial charge on any atom is 0.151 e. The van der Waals surface area contributed by atoms with Gasteiger partial charge in [-0.1, -0.05) is 6.42 Å². The highest BCUT2D eigenvalue weighted by Gasteiger charge is 2.35. The minimum Gasteiger partial charge on any atom is -0.298 e. The maximum absolute atomic E-state index is 11.7. The summed E-state index contributed by atoms with van der Waals surface area (Å²) in [6, 6.07) is 0.991. The van der Waals surface area contributed by atoms with Gasteiger partial charge in [-0.3, -0.25) is 9.80 Å². The molecule has 18 heavy (non-hydrogen) atoms. The van der Waals surface area contributed by atoms with Crippen LogP contribution in [-0.4, -0.2) is 68.0 Å². The highest BCUT2D eigenvalue weighted by atomic mass is 32.2. The second kappa shape index (κ2) is 5.10. The average Bonchev–Trinajstić information content (AvgIpc) is 2.37. The third kappa shape index (κ3) is 2.73. The summed E-state index contributed by atoms with van der Waals surface area (Å²) in [5, 5.41) is 0. The summed E-state index contributed by atoms with van der Waals surface area (Å²) in [7, 11) is -2.77. The standard InChI is InChI=1S/C13H24N2O2S/c16-18(17)9-3-5-13(11-18)15-8-7-14-6-2-1-4-12(14)10-15/h12-13H,1-11H2. The summed E-state index contributed by atoms with van der Waals surface area (Å²) in [5.74, 6) is 0.812. The fourth-order valence-corrected chi connectivity index (χ4v) is 5.54. The first-order valence-corrected chi connectivity index (χ1v) is 9.15. The van der Waals surface area contributed by atoms with Crippen LogP contribution in [0.15, 0.2) is 0 Å². The van der Waals surface area contributed by atoms with E-state index in [9.17, 15) is 8.42 Å². The van der Waals surface area contributed by atoms with E-state index in [-0.39, 0.29) is 0 Å². The number of sulfone groups is 1. The van der Waals surface area contributed by atoms with Crippen LogP contribution >= 0.6 is 0 Å². The predicted octanol–water partition coefficient (Wildman–Crippen LogP) is 0.734. The van der Waals surface area contributed by atoms with Crippen LogP contribution in [0.1, 0.15) is 32.1 Å². The van der Waals surface area contributed by atoms with Gasteiger partial charge < -0.3 is 0 Å². The summed E-state index contributed by atoms with van der Waals surface area (Å²) in [4.78, 5) is 5.07. The second-order valence-corrected chi connectivity index (χ2v) is 8.32. The molecular weight excluding hydrogens is 248 g/mol. The number of piperazine rings is 1. The van der Waals surface area contributed by atoms with Crippen molar-refractivity contribution in [3.05, 3.63) is 0 Å². The lowest BCUT2D eigenvalue weighted by molar-refractivity contribution is 0.0292. The van der Waals surface area contributed by atoms with E-state index in [2.05, 4.69) is 9.80 Å². The lowest BCUT2D eigenvalue weighted by Gasteiger charge is -2.47. The van der Waals surface area contributed by atoms with Crippen LogP contribution in [-0.2, 0) is 9.84 Å². The lowest BCUT2D eigenvalue weighted by Crippen LogP contribution is -2.58. The molecule has 104 valence electrons. The quantitative estimate of drug-likeness (QED) is 0.706. The molecule has 5 heteroatoms. The Morgan fingerprint density at radius 1 is 0.833 bits per heavy atom. The molecule has 3 rings (SSSR count). The molecule has 3 saturated heterocycles. The summed E-state index contributed by atoms with van der Waals surface area (Å²) in [6.07, 6.45) is 5.92. The third-order valence-electron chi connectivity index (χ3n) is 4.82. The molecule has 0 saturated carbocycles. The molecule has 0 aromatic rings. The van der Waals surface area contributed by atoms with Crippen molar-refractivity contribution in [1.29, 1.82) is 0 Å². The van der Waals surface area contributed by atoms with E-state index < -0.39 is 9.84 Å². The highest BCUT2D eigenvalue weighted by Crippen LogP contribution is 2.25. The molecule has 0 amide bonds. The number of rotatable bonds is 1. The Bertz CT molecular complexity index is 396. The fraction of sp³-hybridized carbons (Fsp3) is 1.00. The van der Waals surface area contributed by atoms with Gasteiger partial charge in [0.1, 0.15) is 0 Å². The van der Waals surface area contributed by atoms with Gasteiger partial charge in [0.2, 0.25) is 0 Å². The Morgan fingerprint density at radius 3 is 2.44 bits per heavy atom. The van der Waals surface area contributed by atoms with E-state index in [0.717, 1.165) is 32.5 Å². The van der Waals surface area contributed by atoms with Crippen LogP contribution in [0.5, 0.6) is 0 Å². The molecule has 2 atom stereocenters. The van der Waals surface area contributed by atoms with Crippen LogP contribution in [0.4, 0.5) is 0 Å². The number of nitrogens with zero attached hydrogens (tertiary/aromatic N) is 2. The monoisotopic (exact) mass is 272 g/mol. The molecular formula is C13H24N2O2S. The Kier molecular flexibility index (Phi) is 3.65. The molecule has 0 aromatic carbocycles. The Labute approximate surface area is 110 Å². The first kappa shape index (κ1) is 12.9. The predicted molar refractivity (Wildman–Crippen MR) is 72.5 cm³/mol. The SMILES string of the molecule is O=S1(=O)CCCC(N2CCN3CCCCC3C2)C1. The van der Waals surface area contributed by atoms with Gasteiger partial charge in [0.15, 0.2) is 9.84 Å². The van der Waals surface area contributed by atoms with Crippen molar-refractivity contribution in [2.45, 2.75) is 44.2 Å². The Morgan fingerprint density at radius 2 is 1.61 bits per heavy atom. The molecule has 3 heterocycles. The zero-order chi connectivity index (χ0) is 12.6. The van der Waals surface area contributed by atoms with Crippen molar-refractivity contribution < 1.29 is 8.42 Å². The van der Waals surface area contributed by atoms with Crippen molar-refractivity contribution in [3.63, 3.8) is 0 Å². The van der Waals surface area contributed by atoms with Crippen LogP contribution in [0, 0.1) is 0 Å². The van der Waals surface area contributed by atoms with E-state index in [1.165, 1.54) is 25.8 Å². The molecule has 3 aliphatic heterocycles. The second-order valence-electron chi connectivity index (χ2n) is 6.09. The third-order valence-corrected chi connectivity index (χ3v) is 6.63. The van der Waals surface area contributed by atoms with Crippen molar-refractivity contribution in [1.82, 2.24) is 9.80 Å². The van der Waals surface area contributed by atoms with Crippen molar-refractivity contribution >= 4 is 9.84 Å². The summed E-state index contributed by atoms with van der Waals surface area (Å²) in [5.41, 5.74) is 0. The fourth-order valence-electron chi connectivity index (χ4n) is 3.80. The zero-order valence-corrected chi connectivity index (χ0v) is 11.9. The molecule has 3 fully saturated rings. The van der Waals surface area contributed by atoms with Crippen molar-refractivity contribution in [3.8, 4) is 0 Å². The van der Waals surface area contributed by atoms with Gasteiger partial charge in [-0.2, -0.15) is 0 Å². The molecule has 3 aliphatic rings. The maximum atomic E-state index is 11.7. The van der Waals surface area contributed by atoms with Gasteiger partial charge in [0.25, 0.3) is 0 Å². The van der Waals surface area contributed by atoms with Crippen LogP contribution in [0.25, 0.3) is 0 Å². The highest BCUT2D eigenvalue weighted by molar-refractivity contribution is 7.91. The summed E-state index contributed by atoms with van der Waals surface area (Å²) in [6.45, 7) is 4.56. The largest absolute Gasteiger partial charge is 0.298 e. The minimum absolute atomic E-state index is 0.299. The molecule has 2 unspecified atom stereocenters.